The lowest BCUT2D eigenvalue weighted by atomic mass is 10.0. The van der Waals surface area contributed by atoms with Crippen molar-refractivity contribution >= 4 is 22.6 Å². The third-order valence-corrected chi connectivity index (χ3v) is 5.27. The second kappa shape index (κ2) is 6.12. The molecule has 4 rings (SSSR count). The average molecular weight is 349 g/mol. The van der Waals surface area contributed by atoms with E-state index in [9.17, 15) is 4.79 Å². The minimum atomic E-state index is 0.0486. The molecule has 0 saturated carbocycles. The van der Waals surface area contributed by atoms with Crippen molar-refractivity contribution in [3.63, 3.8) is 0 Å². The van der Waals surface area contributed by atoms with Gasteiger partial charge >= 0.3 is 0 Å². The van der Waals surface area contributed by atoms with E-state index in [-0.39, 0.29) is 5.91 Å². The van der Waals surface area contributed by atoms with Crippen LogP contribution in [0, 0.1) is 13.8 Å². The number of carbonyl (C=O) groups excluding carboxylic acids is 1. The van der Waals surface area contributed by atoms with Crippen LogP contribution in [-0.4, -0.2) is 46.4 Å². The molecular weight excluding hydrogens is 326 g/mol. The quantitative estimate of drug-likeness (QED) is 0.773. The van der Waals surface area contributed by atoms with Crippen molar-refractivity contribution in [2.75, 3.05) is 25.5 Å². The lowest BCUT2D eigenvalue weighted by Crippen LogP contribution is -2.37. The number of hydrogen-bond donors (Lipinski definition) is 1. The van der Waals surface area contributed by atoms with Crippen molar-refractivity contribution in [2.45, 2.75) is 26.8 Å². The largest absolute Gasteiger partial charge is 0.362 e. The number of anilines is 1. The summed E-state index contributed by atoms with van der Waals surface area (Å²) in [5.41, 5.74) is 6.04. The van der Waals surface area contributed by atoms with Gasteiger partial charge in [0.05, 0.1) is 23.3 Å². The van der Waals surface area contributed by atoms with Gasteiger partial charge in [0.1, 0.15) is 12.1 Å². The number of amides is 1. The van der Waals surface area contributed by atoms with Crippen LogP contribution in [0.15, 0.2) is 24.5 Å². The summed E-state index contributed by atoms with van der Waals surface area (Å²) in [5, 5.41) is 1.11. The van der Waals surface area contributed by atoms with E-state index in [4.69, 9.17) is 0 Å². The fraction of sp³-hybridized carbons (Fsp3) is 0.350. The molecule has 3 aromatic rings. The van der Waals surface area contributed by atoms with Gasteiger partial charge in [0, 0.05) is 37.3 Å². The summed E-state index contributed by atoms with van der Waals surface area (Å²) in [4.78, 5) is 29.3. The standard InChI is InChI=1S/C20H23N5O/c1-12-13(2)23-18-14(12)6-5-7-16(18)20(26)25-9-8-15-17(10-25)21-11-22-19(15)24(3)4/h5-7,11,23H,8-10H2,1-4H3. The van der Waals surface area contributed by atoms with Crippen molar-refractivity contribution in [3.8, 4) is 0 Å². The van der Waals surface area contributed by atoms with E-state index >= 15 is 0 Å². The first-order chi connectivity index (χ1) is 12.5. The highest BCUT2D eigenvalue weighted by Crippen LogP contribution is 2.28. The molecule has 134 valence electrons. The summed E-state index contributed by atoms with van der Waals surface area (Å²) in [7, 11) is 3.97. The molecule has 1 N–H and O–H groups in total. The number of H-pyrrole nitrogens is 1. The maximum Gasteiger partial charge on any atom is 0.256 e. The summed E-state index contributed by atoms with van der Waals surface area (Å²) < 4.78 is 0. The van der Waals surface area contributed by atoms with Crippen molar-refractivity contribution < 1.29 is 4.79 Å². The first-order valence-corrected chi connectivity index (χ1v) is 8.84. The summed E-state index contributed by atoms with van der Waals surface area (Å²) in [6.07, 6.45) is 2.36. The first kappa shape index (κ1) is 16.6. The zero-order valence-electron chi connectivity index (χ0n) is 15.6. The van der Waals surface area contributed by atoms with Crippen LogP contribution in [0.25, 0.3) is 10.9 Å². The zero-order valence-corrected chi connectivity index (χ0v) is 15.6. The Hall–Kier alpha value is -2.89. The Kier molecular flexibility index (Phi) is 3.90. The summed E-state index contributed by atoms with van der Waals surface area (Å²) >= 11 is 0. The van der Waals surface area contributed by atoms with Crippen molar-refractivity contribution in [1.82, 2.24) is 19.9 Å². The third-order valence-electron chi connectivity index (χ3n) is 5.27. The van der Waals surface area contributed by atoms with Crippen LogP contribution in [0.1, 0.15) is 32.9 Å². The second-order valence-corrected chi connectivity index (χ2v) is 7.10. The number of para-hydroxylation sites is 1. The Labute approximate surface area is 152 Å². The lowest BCUT2D eigenvalue weighted by molar-refractivity contribution is 0.0733. The number of nitrogens with zero attached hydrogens (tertiary/aromatic N) is 4. The maximum atomic E-state index is 13.2. The maximum absolute atomic E-state index is 13.2. The molecule has 1 aliphatic heterocycles. The number of nitrogens with one attached hydrogen (secondary N) is 1. The van der Waals surface area contributed by atoms with E-state index in [1.54, 1.807) is 6.33 Å². The van der Waals surface area contributed by atoms with Crippen LogP contribution < -0.4 is 4.90 Å². The molecule has 0 aliphatic carbocycles. The van der Waals surface area contributed by atoms with Crippen molar-refractivity contribution in [3.05, 3.63) is 52.6 Å². The van der Waals surface area contributed by atoms with E-state index < -0.39 is 0 Å². The van der Waals surface area contributed by atoms with E-state index in [1.807, 2.05) is 43.0 Å². The molecule has 0 atom stereocenters. The van der Waals surface area contributed by atoms with E-state index in [0.29, 0.717) is 13.1 Å². The highest BCUT2D eigenvalue weighted by molar-refractivity contribution is 6.06. The molecule has 0 bridgehead atoms. The van der Waals surface area contributed by atoms with Crippen LogP contribution in [0.5, 0.6) is 0 Å². The Morgan fingerprint density at radius 2 is 2.04 bits per heavy atom. The lowest BCUT2D eigenvalue weighted by Gasteiger charge is -2.30. The van der Waals surface area contributed by atoms with Gasteiger partial charge < -0.3 is 14.8 Å². The molecule has 6 heteroatoms. The van der Waals surface area contributed by atoms with Crippen LogP contribution in [0.2, 0.25) is 0 Å². The molecular formula is C20H23N5O. The van der Waals surface area contributed by atoms with Gasteiger partial charge in [0.25, 0.3) is 5.91 Å². The van der Waals surface area contributed by atoms with Gasteiger partial charge in [-0.25, -0.2) is 9.97 Å². The molecule has 1 aromatic carbocycles. The number of hydrogen-bond acceptors (Lipinski definition) is 4. The van der Waals surface area contributed by atoms with E-state index in [2.05, 4.69) is 27.9 Å². The molecule has 0 unspecified atom stereocenters. The van der Waals surface area contributed by atoms with Gasteiger partial charge in [-0.3, -0.25) is 4.79 Å². The highest BCUT2D eigenvalue weighted by Gasteiger charge is 2.26. The molecule has 6 nitrogen and oxygen atoms in total. The molecule has 26 heavy (non-hydrogen) atoms. The molecule has 0 radical (unpaired) electrons. The SMILES string of the molecule is Cc1[nH]c2c(C(=O)N3CCc4c(ncnc4N(C)C)C3)cccc2c1C. The number of aromatic nitrogens is 3. The minimum absolute atomic E-state index is 0.0486. The van der Waals surface area contributed by atoms with E-state index in [0.717, 1.165) is 45.7 Å². The van der Waals surface area contributed by atoms with Crippen LogP contribution in [0.3, 0.4) is 0 Å². The van der Waals surface area contributed by atoms with Crippen LogP contribution in [-0.2, 0) is 13.0 Å². The Balaban J connectivity index is 1.69. The molecule has 0 spiro atoms. The molecule has 2 aromatic heterocycles. The van der Waals surface area contributed by atoms with Crippen molar-refractivity contribution in [2.24, 2.45) is 0 Å². The molecule has 1 aliphatic rings. The third kappa shape index (κ3) is 2.53. The normalized spacial score (nSPS) is 13.8. The highest BCUT2D eigenvalue weighted by atomic mass is 16.2. The smallest absolute Gasteiger partial charge is 0.256 e. The number of benzene rings is 1. The summed E-state index contributed by atoms with van der Waals surface area (Å²) in [6.45, 7) is 5.32. The van der Waals surface area contributed by atoms with Crippen LogP contribution >= 0.6 is 0 Å². The van der Waals surface area contributed by atoms with Crippen LogP contribution in [0.4, 0.5) is 5.82 Å². The zero-order chi connectivity index (χ0) is 18.4. The van der Waals surface area contributed by atoms with Gasteiger partial charge in [-0.2, -0.15) is 0 Å². The number of fused-ring (bicyclic) bond motifs is 2. The number of rotatable bonds is 2. The minimum Gasteiger partial charge on any atom is -0.362 e. The van der Waals surface area contributed by atoms with Gasteiger partial charge in [-0.15, -0.1) is 0 Å². The summed E-state index contributed by atoms with van der Waals surface area (Å²) in [6, 6.07) is 5.92. The number of carbonyl (C=O) groups is 1. The molecule has 0 fully saturated rings. The fourth-order valence-electron chi connectivity index (χ4n) is 3.73. The average Bonchev–Trinajstić information content (AvgIpc) is 2.94. The first-order valence-electron chi connectivity index (χ1n) is 8.84. The topological polar surface area (TPSA) is 65.1 Å². The molecule has 3 heterocycles. The Morgan fingerprint density at radius 3 is 2.81 bits per heavy atom. The van der Waals surface area contributed by atoms with Gasteiger partial charge in [0.2, 0.25) is 0 Å². The summed E-state index contributed by atoms with van der Waals surface area (Å²) in [5.74, 6) is 0.993. The predicted molar refractivity (Wildman–Crippen MR) is 103 cm³/mol. The molecule has 0 saturated heterocycles. The van der Waals surface area contributed by atoms with Gasteiger partial charge in [0.15, 0.2) is 0 Å². The molecule has 1 amide bonds. The Morgan fingerprint density at radius 1 is 1.23 bits per heavy atom. The second-order valence-electron chi connectivity index (χ2n) is 7.10. The fourth-order valence-corrected chi connectivity index (χ4v) is 3.73. The Bertz CT molecular complexity index is 1000. The van der Waals surface area contributed by atoms with Gasteiger partial charge in [-0.1, -0.05) is 12.1 Å². The van der Waals surface area contributed by atoms with E-state index in [1.165, 1.54) is 5.56 Å². The number of aromatic amines is 1. The van der Waals surface area contributed by atoms with Gasteiger partial charge in [-0.05, 0) is 31.9 Å². The van der Waals surface area contributed by atoms with Crippen molar-refractivity contribution in [1.29, 1.82) is 0 Å². The monoisotopic (exact) mass is 349 g/mol. The predicted octanol–water partition coefficient (Wildman–Crippen LogP) is 2.84. The number of aryl methyl sites for hydroxylation is 2.